The number of nitrogens with zero attached hydrogens (tertiary/aromatic N) is 1. The first kappa shape index (κ1) is 14.3. The molecule has 1 atom stereocenters. The van der Waals surface area contributed by atoms with Crippen LogP contribution in [0.5, 0.6) is 0 Å². The van der Waals surface area contributed by atoms with Crippen molar-refractivity contribution in [3.63, 3.8) is 0 Å². The second-order valence-electron chi connectivity index (χ2n) is 5.43. The van der Waals surface area contributed by atoms with Crippen LogP contribution in [0, 0.1) is 6.92 Å². The molecule has 3 rings (SSSR count). The van der Waals surface area contributed by atoms with Crippen LogP contribution >= 0.6 is 0 Å². The lowest BCUT2D eigenvalue weighted by Crippen LogP contribution is -2.38. The predicted octanol–water partition coefficient (Wildman–Crippen LogP) is 1.36. The maximum absolute atomic E-state index is 11.9. The summed E-state index contributed by atoms with van der Waals surface area (Å²) < 4.78 is 5.37. The number of rotatable bonds is 3. The summed E-state index contributed by atoms with van der Waals surface area (Å²) in [7, 11) is 0. The van der Waals surface area contributed by atoms with Crippen LogP contribution in [0.15, 0.2) is 33.5 Å². The Hall–Kier alpha value is -2.63. The first-order valence-corrected chi connectivity index (χ1v) is 7.22. The maximum atomic E-state index is 11.9. The van der Waals surface area contributed by atoms with Gasteiger partial charge in [0.1, 0.15) is 11.5 Å². The van der Waals surface area contributed by atoms with Gasteiger partial charge >= 0.3 is 0 Å². The molecule has 0 bridgehead atoms. The van der Waals surface area contributed by atoms with E-state index >= 15 is 0 Å². The van der Waals surface area contributed by atoms with Gasteiger partial charge < -0.3 is 9.73 Å². The molecule has 22 heavy (non-hydrogen) atoms. The Balaban J connectivity index is 1.61. The topological polar surface area (TPSA) is 88.0 Å². The zero-order chi connectivity index (χ0) is 15.5. The minimum atomic E-state index is -0.209. The number of H-pyrrole nitrogens is 1. The van der Waals surface area contributed by atoms with E-state index in [0.717, 1.165) is 29.9 Å². The maximum Gasteiger partial charge on any atom is 0.264 e. The number of aryl methyl sites for hydroxylation is 2. The summed E-state index contributed by atoms with van der Waals surface area (Å²) in [6.07, 6.45) is 5.30. The Labute approximate surface area is 127 Å². The van der Waals surface area contributed by atoms with Gasteiger partial charge in [0.05, 0.1) is 5.69 Å². The van der Waals surface area contributed by atoms with E-state index in [-0.39, 0.29) is 17.5 Å². The monoisotopic (exact) mass is 299 g/mol. The first-order chi connectivity index (χ1) is 10.6. The first-order valence-electron chi connectivity index (χ1n) is 7.22. The number of aromatic amines is 1. The molecular weight excluding hydrogens is 282 g/mol. The molecule has 6 heteroatoms. The highest BCUT2D eigenvalue weighted by atomic mass is 16.3. The van der Waals surface area contributed by atoms with Crippen molar-refractivity contribution in [3.8, 4) is 0 Å². The molecule has 2 aromatic heterocycles. The molecule has 0 aliphatic heterocycles. The van der Waals surface area contributed by atoms with Crippen LogP contribution in [0.25, 0.3) is 6.08 Å². The minimum Gasteiger partial charge on any atom is -0.462 e. The van der Waals surface area contributed by atoms with Crippen LogP contribution in [-0.4, -0.2) is 22.1 Å². The molecule has 1 aliphatic carbocycles. The van der Waals surface area contributed by atoms with Gasteiger partial charge in [-0.2, -0.15) is 5.10 Å². The molecule has 6 nitrogen and oxygen atoms in total. The highest BCUT2D eigenvalue weighted by Crippen LogP contribution is 2.17. The number of hydrogen-bond acceptors (Lipinski definition) is 4. The Bertz CT molecular complexity index is 773. The van der Waals surface area contributed by atoms with Gasteiger partial charge in [-0.05, 0) is 50.0 Å². The van der Waals surface area contributed by atoms with E-state index < -0.39 is 0 Å². The quantitative estimate of drug-likeness (QED) is 0.838. The Kier molecular flexibility index (Phi) is 3.91. The molecule has 0 saturated heterocycles. The van der Waals surface area contributed by atoms with Crippen molar-refractivity contribution in [1.82, 2.24) is 15.5 Å². The highest BCUT2D eigenvalue weighted by molar-refractivity contribution is 5.91. The Morgan fingerprint density at radius 2 is 2.36 bits per heavy atom. The fourth-order valence-corrected chi connectivity index (χ4v) is 2.61. The van der Waals surface area contributed by atoms with E-state index in [1.807, 2.05) is 19.1 Å². The Morgan fingerprint density at radius 3 is 3.14 bits per heavy atom. The van der Waals surface area contributed by atoms with E-state index in [4.69, 9.17) is 4.42 Å². The van der Waals surface area contributed by atoms with Gasteiger partial charge in [-0.1, -0.05) is 0 Å². The van der Waals surface area contributed by atoms with Gasteiger partial charge in [0, 0.05) is 18.2 Å². The van der Waals surface area contributed by atoms with Crippen LogP contribution in [0.1, 0.15) is 29.2 Å². The molecule has 2 heterocycles. The van der Waals surface area contributed by atoms with E-state index in [9.17, 15) is 9.59 Å². The Morgan fingerprint density at radius 1 is 1.50 bits per heavy atom. The lowest BCUT2D eigenvalue weighted by atomic mass is 9.92. The van der Waals surface area contributed by atoms with Gasteiger partial charge in [-0.3, -0.25) is 9.59 Å². The molecule has 2 aromatic rings. The summed E-state index contributed by atoms with van der Waals surface area (Å²) >= 11 is 0. The van der Waals surface area contributed by atoms with Crippen LogP contribution in [0.3, 0.4) is 0 Å². The van der Waals surface area contributed by atoms with Crippen molar-refractivity contribution in [1.29, 1.82) is 0 Å². The van der Waals surface area contributed by atoms with Gasteiger partial charge in [-0.15, -0.1) is 0 Å². The number of carbonyl (C=O) groups is 1. The molecule has 0 spiro atoms. The summed E-state index contributed by atoms with van der Waals surface area (Å²) in [5.41, 5.74) is 1.61. The van der Waals surface area contributed by atoms with Gasteiger partial charge in [0.15, 0.2) is 0 Å². The van der Waals surface area contributed by atoms with E-state index in [0.29, 0.717) is 12.2 Å². The van der Waals surface area contributed by atoms with Gasteiger partial charge in [0.2, 0.25) is 5.91 Å². The SMILES string of the molecule is Cc1ccc(/C=C/C(=O)NC2CCc3n[nH]c(=O)cc3C2)o1. The predicted molar refractivity (Wildman–Crippen MR) is 81.3 cm³/mol. The molecule has 0 fully saturated rings. The summed E-state index contributed by atoms with van der Waals surface area (Å²) in [5.74, 6) is 1.29. The fourth-order valence-electron chi connectivity index (χ4n) is 2.61. The molecule has 0 aromatic carbocycles. The van der Waals surface area contributed by atoms with Crippen LogP contribution in [0.2, 0.25) is 0 Å². The van der Waals surface area contributed by atoms with E-state index in [2.05, 4.69) is 15.5 Å². The van der Waals surface area contributed by atoms with Crippen LogP contribution < -0.4 is 10.9 Å². The molecule has 0 saturated carbocycles. The normalized spacial score (nSPS) is 17.4. The van der Waals surface area contributed by atoms with Crippen molar-refractivity contribution >= 4 is 12.0 Å². The van der Waals surface area contributed by atoms with Crippen LogP contribution in [-0.2, 0) is 17.6 Å². The number of furan rings is 1. The number of carbonyl (C=O) groups excluding carboxylic acids is 1. The van der Waals surface area contributed by atoms with E-state index in [1.165, 1.54) is 6.08 Å². The number of fused-ring (bicyclic) bond motifs is 1. The zero-order valence-corrected chi connectivity index (χ0v) is 12.3. The van der Waals surface area contributed by atoms with Crippen molar-refractivity contribution in [2.75, 3.05) is 0 Å². The third-order valence-electron chi connectivity index (χ3n) is 3.68. The fraction of sp³-hybridized carbons (Fsp3) is 0.312. The molecule has 1 amide bonds. The lowest BCUT2D eigenvalue weighted by Gasteiger charge is -2.23. The number of hydrogen-bond donors (Lipinski definition) is 2. The van der Waals surface area contributed by atoms with Crippen molar-refractivity contribution in [2.24, 2.45) is 0 Å². The van der Waals surface area contributed by atoms with Gasteiger partial charge in [-0.25, -0.2) is 5.10 Å². The highest BCUT2D eigenvalue weighted by Gasteiger charge is 2.20. The average molecular weight is 299 g/mol. The third-order valence-corrected chi connectivity index (χ3v) is 3.68. The zero-order valence-electron chi connectivity index (χ0n) is 12.3. The molecular formula is C16H17N3O3. The summed E-state index contributed by atoms with van der Waals surface area (Å²) in [6.45, 7) is 1.85. The third kappa shape index (κ3) is 3.33. The second-order valence-corrected chi connectivity index (χ2v) is 5.43. The molecule has 1 unspecified atom stereocenters. The smallest absolute Gasteiger partial charge is 0.264 e. The molecule has 2 N–H and O–H groups in total. The van der Waals surface area contributed by atoms with E-state index in [1.54, 1.807) is 12.1 Å². The van der Waals surface area contributed by atoms with Crippen molar-refractivity contribution < 1.29 is 9.21 Å². The number of aromatic nitrogens is 2. The minimum absolute atomic E-state index is 0.0200. The summed E-state index contributed by atoms with van der Waals surface area (Å²) in [6, 6.07) is 5.24. The summed E-state index contributed by atoms with van der Waals surface area (Å²) in [4.78, 5) is 23.3. The standard InChI is InChI=1S/C16H17N3O3/c1-10-2-4-13(22-10)5-7-15(20)17-12-3-6-14-11(8-12)9-16(21)19-18-14/h2,4-5,7,9,12H,3,6,8H2,1H3,(H,17,20)(H,19,21)/b7-5+. The average Bonchev–Trinajstić information content (AvgIpc) is 2.90. The van der Waals surface area contributed by atoms with Gasteiger partial charge in [0.25, 0.3) is 5.56 Å². The molecule has 1 aliphatic rings. The summed E-state index contributed by atoms with van der Waals surface area (Å²) in [5, 5.41) is 9.42. The molecule has 114 valence electrons. The number of nitrogens with one attached hydrogen (secondary N) is 2. The van der Waals surface area contributed by atoms with Crippen molar-refractivity contribution in [2.45, 2.75) is 32.2 Å². The number of amides is 1. The second kappa shape index (κ2) is 6.01. The van der Waals surface area contributed by atoms with Crippen molar-refractivity contribution in [3.05, 3.63) is 57.4 Å². The van der Waals surface area contributed by atoms with Crippen LogP contribution in [0.4, 0.5) is 0 Å². The lowest BCUT2D eigenvalue weighted by molar-refractivity contribution is -0.117. The largest absolute Gasteiger partial charge is 0.462 e. The molecule has 0 radical (unpaired) electrons.